The number of imidazole rings is 1. The Kier molecular flexibility index (Phi) is 4.68. The SMILES string of the molecule is CC(C)n1ncnc1-c1cn2c(n1)-c1cnc(C3=CCN(C(=O)O)CC3)cc1OCC2. The average Bonchev–Trinajstić information content (AvgIpc) is 3.38. The van der Waals surface area contributed by atoms with E-state index in [1.54, 1.807) is 12.5 Å². The van der Waals surface area contributed by atoms with E-state index in [1.807, 2.05) is 23.0 Å². The molecule has 160 valence electrons. The molecule has 0 unspecified atom stereocenters. The number of hydrogen-bond donors (Lipinski definition) is 1. The molecule has 0 radical (unpaired) electrons. The molecule has 31 heavy (non-hydrogen) atoms. The van der Waals surface area contributed by atoms with Gasteiger partial charge in [0, 0.05) is 37.6 Å². The van der Waals surface area contributed by atoms with Crippen LogP contribution >= 0.6 is 0 Å². The Morgan fingerprint density at radius 3 is 2.81 bits per heavy atom. The summed E-state index contributed by atoms with van der Waals surface area (Å²) < 4.78 is 9.93. The number of rotatable bonds is 3. The minimum atomic E-state index is -0.899. The minimum Gasteiger partial charge on any atom is -0.491 e. The van der Waals surface area contributed by atoms with Crippen molar-refractivity contribution in [2.75, 3.05) is 19.7 Å². The molecule has 3 aromatic rings. The van der Waals surface area contributed by atoms with Gasteiger partial charge in [0.2, 0.25) is 0 Å². The summed E-state index contributed by atoms with van der Waals surface area (Å²) in [7, 11) is 0. The predicted octanol–water partition coefficient (Wildman–Crippen LogP) is 2.94. The Balaban J connectivity index is 1.49. The minimum absolute atomic E-state index is 0.180. The third-order valence-corrected chi connectivity index (χ3v) is 5.57. The summed E-state index contributed by atoms with van der Waals surface area (Å²) in [5.41, 5.74) is 3.43. The number of ether oxygens (including phenoxy) is 1. The summed E-state index contributed by atoms with van der Waals surface area (Å²) >= 11 is 0. The maximum atomic E-state index is 11.1. The smallest absolute Gasteiger partial charge is 0.407 e. The lowest BCUT2D eigenvalue weighted by molar-refractivity contribution is 0.150. The second kappa shape index (κ2) is 7.53. The molecule has 1 N–H and O–H groups in total. The third-order valence-electron chi connectivity index (χ3n) is 5.57. The highest BCUT2D eigenvalue weighted by Crippen LogP contribution is 2.35. The van der Waals surface area contributed by atoms with Gasteiger partial charge in [-0.3, -0.25) is 4.98 Å². The number of amides is 1. The molecule has 0 bridgehead atoms. The summed E-state index contributed by atoms with van der Waals surface area (Å²) in [4.78, 5) is 26.4. The molecule has 0 saturated heterocycles. The molecule has 0 spiro atoms. The summed E-state index contributed by atoms with van der Waals surface area (Å²) in [5, 5.41) is 13.5. The van der Waals surface area contributed by atoms with E-state index in [0.717, 1.165) is 39.9 Å². The molecule has 2 aliphatic heterocycles. The first-order chi connectivity index (χ1) is 15.0. The maximum absolute atomic E-state index is 11.1. The van der Waals surface area contributed by atoms with Crippen LogP contribution in [0.25, 0.3) is 28.5 Å². The Hall–Kier alpha value is -3.69. The molecule has 5 heterocycles. The normalized spacial score (nSPS) is 15.7. The van der Waals surface area contributed by atoms with Crippen molar-refractivity contribution in [2.24, 2.45) is 0 Å². The van der Waals surface area contributed by atoms with Crippen molar-refractivity contribution in [3.8, 4) is 28.7 Å². The molecule has 10 nitrogen and oxygen atoms in total. The largest absolute Gasteiger partial charge is 0.491 e. The van der Waals surface area contributed by atoms with E-state index in [9.17, 15) is 4.79 Å². The standard InChI is InChI=1S/C21H23N7O3/c1-13(2)28-20(23-12-24-28)17-11-27-7-8-31-18-9-16(22-10-15(18)19(27)25-17)14-3-5-26(6-4-14)21(29)30/h3,9-13H,4-8H2,1-2H3,(H,29,30). The van der Waals surface area contributed by atoms with Crippen molar-refractivity contribution in [3.63, 3.8) is 0 Å². The zero-order chi connectivity index (χ0) is 21.5. The van der Waals surface area contributed by atoms with Crippen LogP contribution in [0.15, 0.2) is 30.9 Å². The Bertz CT molecular complexity index is 1180. The van der Waals surface area contributed by atoms with E-state index in [2.05, 4.69) is 33.5 Å². The number of nitrogens with zero attached hydrogens (tertiary/aromatic N) is 7. The van der Waals surface area contributed by atoms with Gasteiger partial charge < -0.3 is 19.3 Å². The van der Waals surface area contributed by atoms with E-state index < -0.39 is 6.09 Å². The van der Waals surface area contributed by atoms with Gasteiger partial charge in [0.1, 0.15) is 30.2 Å². The number of fused-ring (bicyclic) bond motifs is 3. The van der Waals surface area contributed by atoms with Gasteiger partial charge in [-0.1, -0.05) is 6.08 Å². The second-order valence-electron chi connectivity index (χ2n) is 7.89. The number of carbonyl (C=O) groups is 1. The lowest BCUT2D eigenvalue weighted by Gasteiger charge is -2.23. The van der Waals surface area contributed by atoms with E-state index in [-0.39, 0.29) is 6.04 Å². The topological polar surface area (TPSA) is 111 Å². The van der Waals surface area contributed by atoms with Crippen LogP contribution in [0.1, 0.15) is 32.0 Å². The lowest BCUT2D eigenvalue weighted by atomic mass is 10.0. The molecule has 5 rings (SSSR count). The van der Waals surface area contributed by atoms with Crippen molar-refractivity contribution in [1.29, 1.82) is 0 Å². The van der Waals surface area contributed by atoms with Crippen molar-refractivity contribution >= 4 is 11.7 Å². The molecule has 0 aromatic carbocycles. The van der Waals surface area contributed by atoms with Gasteiger partial charge in [0.05, 0.1) is 17.8 Å². The molecule has 0 atom stereocenters. The Morgan fingerprint density at radius 1 is 1.19 bits per heavy atom. The van der Waals surface area contributed by atoms with E-state index in [4.69, 9.17) is 14.8 Å². The zero-order valence-corrected chi connectivity index (χ0v) is 17.4. The highest BCUT2D eigenvalue weighted by Gasteiger charge is 2.24. The quantitative estimate of drug-likeness (QED) is 0.692. The second-order valence-corrected chi connectivity index (χ2v) is 7.89. The van der Waals surface area contributed by atoms with Crippen molar-refractivity contribution < 1.29 is 14.6 Å². The fourth-order valence-electron chi connectivity index (χ4n) is 3.95. The lowest BCUT2D eigenvalue weighted by Crippen LogP contribution is -2.33. The van der Waals surface area contributed by atoms with Crippen molar-refractivity contribution in [2.45, 2.75) is 32.9 Å². The van der Waals surface area contributed by atoms with Gasteiger partial charge in [-0.2, -0.15) is 5.10 Å². The fourth-order valence-corrected chi connectivity index (χ4v) is 3.95. The average molecular weight is 421 g/mol. The number of pyridine rings is 1. The fraction of sp³-hybridized carbons (Fsp3) is 0.381. The van der Waals surface area contributed by atoms with Crippen LogP contribution in [0, 0.1) is 0 Å². The first-order valence-electron chi connectivity index (χ1n) is 10.3. The number of aromatic nitrogens is 6. The molecule has 0 saturated carbocycles. The summed E-state index contributed by atoms with van der Waals surface area (Å²) in [6, 6.07) is 2.11. The highest BCUT2D eigenvalue weighted by molar-refractivity contribution is 5.73. The van der Waals surface area contributed by atoms with Crippen LogP contribution in [-0.4, -0.2) is 65.1 Å². The summed E-state index contributed by atoms with van der Waals surface area (Å²) in [6.45, 7) is 6.13. The van der Waals surface area contributed by atoms with Crippen LogP contribution in [0.5, 0.6) is 5.75 Å². The van der Waals surface area contributed by atoms with Crippen LogP contribution < -0.4 is 4.74 Å². The van der Waals surface area contributed by atoms with Gasteiger partial charge in [-0.05, 0) is 25.8 Å². The Labute approximate surface area is 178 Å². The van der Waals surface area contributed by atoms with E-state index >= 15 is 0 Å². The van der Waals surface area contributed by atoms with Crippen LogP contribution in [0.4, 0.5) is 4.79 Å². The summed E-state index contributed by atoms with van der Waals surface area (Å²) in [5.74, 6) is 2.25. The molecule has 2 aliphatic rings. The molecule has 0 fully saturated rings. The van der Waals surface area contributed by atoms with Gasteiger partial charge in [-0.15, -0.1) is 0 Å². The Morgan fingerprint density at radius 2 is 2.06 bits per heavy atom. The van der Waals surface area contributed by atoms with Crippen molar-refractivity contribution in [1.82, 2.24) is 34.2 Å². The first kappa shape index (κ1) is 19.3. The maximum Gasteiger partial charge on any atom is 0.407 e. The molecular weight excluding hydrogens is 398 g/mol. The third kappa shape index (κ3) is 3.43. The van der Waals surface area contributed by atoms with Gasteiger partial charge in [-0.25, -0.2) is 19.4 Å². The van der Waals surface area contributed by atoms with Gasteiger partial charge in [0.25, 0.3) is 0 Å². The highest BCUT2D eigenvalue weighted by atomic mass is 16.5. The van der Waals surface area contributed by atoms with Crippen LogP contribution in [-0.2, 0) is 6.54 Å². The molecule has 10 heteroatoms. The molecule has 3 aromatic heterocycles. The summed E-state index contributed by atoms with van der Waals surface area (Å²) in [6.07, 6.45) is 6.96. The molecule has 1 amide bonds. The van der Waals surface area contributed by atoms with Crippen LogP contribution in [0.2, 0.25) is 0 Å². The van der Waals surface area contributed by atoms with Gasteiger partial charge >= 0.3 is 6.09 Å². The van der Waals surface area contributed by atoms with Crippen molar-refractivity contribution in [3.05, 3.63) is 36.6 Å². The zero-order valence-electron chi connectivity index (χ0n) is 17.4. The van der Waals surface area contributed by atoms with Crippen LogP contribution in [0.3, 0.4) is 0 Å². The van der Waals surface area contributed by atoms with E-state index in [1.165, 1.54) is 4.90 Å². The number of carboxylic acid groups (broad SMARTS) is 1. The van der Waals surface area contributed by atoms with Gasteiger partial charge in [0.15, 0.2) is 5.82 Å². The number of hydrogen-bond acceptors (Lipinski definition) is 6. The molecular formula is C21H23N7O3. The van der Waals surface area contributed by atoms with E-state index in [0.29, 0.717) is 32.7 Å². The monoisotopic (exact) mass is 421 g/mol. The molecule has 0 aliphatic carbocycles. The first-order valence-corrected chi connectivity index (χ1v) is 10.3. The predicted molar refractivity (Wildman–Crippen MR) is 113 cm³/mol.